The lowest BCUT2D eigenvalue weighted by atomic mass is 9.88. The smallest absolute Gasteiger partial charge is 0.230 e. The SMILES string of the molecule is CC(C)[C@H](C(=O)N(C)CCCOc1ccc(Cl)cc1)c1cccnc1. The number of benzene rings is 1. The first-order chi connectivity index (χ1) is 12.0. The Hall–Kier alpha value is -2.07. The van der Waals surface area contributed by atoms with Gasteiger partial charge in [0.2, 0.25) is 5.91 Å². The molecule has 5 heteroatoms. The van der Waals surface area contributed by atoms with Gasteiger partial charge in [-0.25, -0.2) is 0 Å². The molecule has 0 aliphatic rings. The Labute approximate surface area is 154 Å². The second-order valence-corrected chi connectivity index (χ2v) is 6.86. The second-order valence-electron chi connectivity index (χ2n) is 6.42. The van der Waals surface area contributed by atoms with Crippen LogP contribution in [0.3, 0.4) is 0 Å². The highest BCUT2D eigenvalue weighted by Gasteiger charge is 2.26. The van der Waals surface area contributed by atoms with Crippen LogP contribution in [0.5, 0.6) is 5.75 Å². The normalized spacial score (nSPS) is 12.0. The molecule has 1 aromatic heterocycles. The zero-order valence-electron chi connectivity index (χ0n) is 15.0. The molecule has 1 atom stereocenters. The van der Waals surface area contributed by atoms with Gasteiger partial charge in [-0.15, -0.1) is 0 Å². The van der Waals surface area contributed by atoms with Gasteiger partial charge in [-0.2, -0.15) is 0 Å². The zero-order valence-corrected chi connectivity index (χ0v) is 15.7. The quantitative estimate of drug-likeness (QED) is 0.655. The first kappa shape index (κ1) is 19.3. The third-order valence-corrected chi connectivity index (χ3v) is 4.32. The second kappa shape index (κ2) is 9.42. The number of carbonyl (C=O) groups excluding carboxylic acids is 1. The van der Waals surface area contributed by atoms with Gasteiger partial charge in [-0.1, -0.05) is 31.5 Å². The van der Waals surface area contributed by atoms with Crippen molar-refractivity contribution in [1.29, 1.82) is 0 Å². The van der Waals surface area contributed by atoms with Crippen molar-refractivity contribution in [2.45, 2.75) is 26.2 Å². The number of carbonyl (C=O) groups is 1. The van der Waals surface area contributed by atoms with Crippen LogP contribution < -0.4 is 4.74 Å². The minimum atomic E-state index is -0.170. The van der Waals surface area contributed by atoms with Gasteiger partial charge < -0.3 is 9.64 Å². The standard InChI is InChI=1S/C20H25ClN2O2/c1-15(2)19(16-6-4-11-22-14-16)20(24)23(3)12-5-13-25-18-9-7-17(21)8-10-18/h4,6-11,14-15,19H,5,12-13H2,1-3H3/t19-/m0/s1. The van der Waals surface area contributed by atoms with E-state index >= 15 is 0 Å². The Morgan fingerprint density at radius 3 is 2.56 bits per heavy atom. The molecule has 2 aromatic rings. The van der Waals surface area contributed by atoms with Crippen LogP contribution >= 0.6 is 11.6 Å². The lowest BCUT2D eigenvalue weighted by Gasteiger charge is -2.26. The molecule has 1 amide bonds. The maximum atomic E-state index is 12.8. The minimum absolute atomic E-state index is 0.120. The fourth-order valence-electron chi connectivity index (χ4n) is 2.74. The number of nitrogens with zero attached hydrogens (tertiary/aromatic N) is 2. The average molecular weight is 361 g/mol. The lowest BCUT2D eigenvalue weighted by Crippen LogP contribution is -2.35. The third-order valence-electron chi connectivity index (χ3n) is 4.07. The van der Waals surface area contributed by atoms with Crippen LogP contribution in [-0.2, 0) is 4.79 Å². The summed E-state index contributed by atoms with van der Waals surface area (Å²) in [6, 6.07) is 11.1. The number of hydrogen-bond donors (Lipinski definition) is 0. The van der Waals surface area contributed by atoms with Crippen LogP contribution in [0.2, 0.25) is 5.02 Å². The van der Waals surface area contributed by atoms with Gasteiger partial charge in [0, 0.05) is 31.0 Å². The molecule has 1 heterocycles. The van der Waals surface area contributed by atoms with E-state index in [-0.39, 0.29) is 17.7 Å². The van der Waals surface area contributed by atoms with Crippen molar-refractivity contribution in [2.75, 3.05) is 20.2 Å². The molecule has 0 saturated carbocycles. The molecule has 0 N–H and O–H groups in total. The first-order valence-electron chi connectivity index (χ1n) is 8.52. The number of amides is 1. The molecule has 0 unspecified atom stereocenters. The van der Waals surface area contributed by atoms with Gasteiger partial charge in [0.25, 0.3) is 0 Å². The number of hydrogen-bond acceptors (Lipinski definition) is 3. The summed E-state index contributed by atoms with van der Waals surface area (Å²) in [6.45, 7) is 5.33. The van der Waals surface area contributed by atoms with Gasteiger partial charge in [0.15, 0.2) is 0 Å². The fourth-order valence-corrected chi connectivity index (χ4v) is 2.87. The Bertz CT molecular complexity index is 659. The molecule has 2 rings (SSSR count). The van der Waals surface area contributed by atoms with Crippen LogP contribution in [0, 0.1) is 5.92 Å². The van der Waals surface area contributed by atoms with Crippen LogP contribution in [0.1, 0.15) is 31.7 Å². The van der Waals surface area contributed by atoms with Gasteiger partial charge >= 0.3 is 0 Å². The van der Waals surface area contributed by atoms with E-state index in [1.807, 2.05) is 31.3 Å². The Morgan fingerprint density at radius 1 is 1.24 bits per heavy atom. The topological polar surface area (TPSA) is 42.4 Å². The summed E-state index contributed by atoms with van der Waals surface area (Å²) in [4.78, 5) is 18.8. The third kappa shape index (κ3) is 5.75. The molecule has 0 bridgehead atoms. The van der Waals surface area contributed by atoms with E-state index in [1.54, 1.807) is 29.4 Å². The summed E-state index contributed by atoms with van der Waals surface area (Å²) in [7, 11) is 1.84. The molecule has 0 aliphatic heterocycles. The summed E-state index contributed by atoms with van der Waals surface area (Å²) < 4.78 is 5.68. The summed E-state index contributed by atoms with van der Waals surface area (Å²) in [6.07, 6.45) is 4.27. The highest BCUT2D eigenvalue weighted by Crippen LogP contribution is 2.25. The number of likely N-dealkylation sites (N-methyl/N-ethyl adjacent to an activating group) is 1. The van der Waals surface area contributed by atoms with E-state index in [9.17, 15) is 4.79 Å². The van der Waals surface area contributed by atoms with E-state index in [2.05, 4.69) is 18.8 Å². The minimum Gasteiger partial charge on any atom is -0.494 e. The fraction of sp³-hybridized carbons (Fsp3) is 0.400. The van der Waals surface area contributed by atoms with E-state index in [0.717, 1.165) is 17.7 Å². The molecular formula is C20H25ClN2O2. The summed E-state index contributed by atoms with van der Waals surface area (Å²) in [5, 5.41) is 0.688. The molecule has 0 spiro atoms. The summed E-state index contributed by atoms with van der Waals surface area (Å²) in [5.41, 5.74) is 0.965. The monoisotopic (exact) mass is 360 g/mol. The molecular weight excluding hydrogens is 336 g/mol. The predicted octanol–water partition coefficient (Wildman–Crippen LogP) is 4.40. The van der Waals surface area contributed by atoms with E-state index in [4.69, 9.17) is 16.3 Å². The molecule has 0 radical (unpaired) electrons. The maximum absolute atomic E-state index is 12.8. The highest BCUT2D eigenvalue weighted by atomic mass is 35.5. The van der Waals surface area contributed by atoms with Crippen LogP contribution in [0.15, 0.2) is 48.8 Å². The lowest BCUT2D eigenvalue weighted by molar-refractivity contribution is -0.132. The van der Waals surface area contributed by atoms with Gasteiger partial charge in [0.1, 0.15) is 5.75 Å². The molecule has 25 heavy (non-hydrogen) atoms. The number of halogens is 1. The van der Waals surface area contributed by atoms with Crippen molar-refractivity contribution in [3.8, 4) is 5.75 Å². The molecule has 1 aromatic carbocycles. The van der Waals surface area contributed by atoms with Crippen molar-refractivity contribution in [1.82, 2.24) is 9.88 Å². The highest BCUT2D eigenvalue weighted by molar-refractivity contribution is 6.30. The largest absolute Gasteiger partial charge is 0.494 e. The van der Waals surface area contributed by atoms with Crippen LogP contribution in [-0.4, -0.2) is 36.0 Å². The summed E-state index contributed by atoms with van der Waals surface area (Å²) in [5.74, 6) is 0.948. The Balaban J connectivity index is 1.85. The number of ether oxygens (including phenoxy) is 1. The van der Waals surface area contributed by atoms with Crippen molar-refractivity contribution < 1.29 is 9.53 Å². The maximum Gasteiger partial charge on any atom is 0.230 e. The van der Waals surface area contributed by atoms with Crippen LogP contribution in [0.25, 0.3) is 0 Å². The zero-order chi connectivity index (χ0) is 18.2. The van der Waals surface area contributed by atoms with E-state index < -0.39 is 0 Å². The van der Waals surface area contributed by atoms with Crippen molar-refractivity contribution in [2.24, 2.45) is 5.92 Å². The molecule has 4 nitrogen and oxygen atoms in total. The Kier molecular flexibility index (Phi) is 7.26. The van der Waals surface area contributed by atoms with Gasteiger partial charge in [-0.05, 0) is 48.2 Å². The van der Waals surface area contributed by atoms with Gasteiger partial charge in [0.05, 0.1) is 12.5 Å². The van der Waals surface area contributed by atoms with Crippen LogP contribution in [0.4, 0.5) is 0 Å². The molecule has 134 valence electrons. The number of pyridine rings is 1. The van der Waals surface area contributed by atoms with Gasteiger partial charge in [-0.3, -0.25) is 9.78 Å². The Morgan fingerprint density at radius 2 is 1.96 bits per heavy atom. The van der Waals surface area contributed by atoms with Crippen molar-refractivity contribution in [3.63, 3.8) is 0 Å². The van der Waals surface area contributed by atoms with E-state index in [1.165, 1.54) is 0 Å². The average Bonchev–Trinajstić information content (AvgIpc) is 2.60. The summed E-state index contributed by atoms with van der Waals surface area (Å²) >= 11 is 5.85. The number of aromatic nitrogens is 1. The van der Waals surface area contributed by atoms with E-state index in [0.29, 0.717) is 18.2 Å². The molecule has 0 saturated heterocycles. The number of rotatable bonds is 8. The predicted molar refractivity (Wildman–Crippen MR) is 101 cm³/mol. The van der Waals surface area contributed by atoms with Crippen molar-refractivity contribution >= 4 is 17.5 Å². The first-order valence-corrected chi connectivity index (χ1v) is 8.90. The van der Waals surface area contributed by atoms with Crippen molar-refractivity contribution in [3.05, 3.63) is 59.4 Å². The molecule has 0 aliphatic carbocycles. The molecule has 0 fully saturated rings.